The molecule has 1 amide bonds. The van der Waals surface area contributed by atoms with E-state index in [1.54, 1.807) is 13.0 Å². The second kappa shape index (κ2) is 5.44. The average Bonchev–Trinajstić information content (AvgIpc) is 2.24. The summed E-state index contributed by atoms with van der Waals surface area (Å²) < 4.78 is 37.9. The molecule has 94 valence electrons. The molecule has 0 bridgehead atoms. The summed E-state index contributed by atoms with van der Waals surface area (Å²) in [5.41, 5.74) is 4.54. The van der Waals surface area contributed by atoms with Crippen LogP contribution in [-0.2, 0) is 16.7 Å². The highest BCUT2D eigenvalue weighted by atomic mass is 32.2. The monoisotopic (exact) mass is 263 g/mol. The minimum atomic E-state index is -4.37. The Morgan fingerprint density at radius 2 is 2.00 bits per heavy atom. The van der Waals surface area contributed by atoms with Gasteiger partial charge < -0.3 is 5.73 Å². The summed E-state index contributed by atoms with van der Waals surface area (Å²) in [5, 5.41) is -0.503. The molecule has 1 aromatic rings. The molecule has 1 unspecified atom stereocenters. The molecular weight excluding hydrogens is 251 g/mol. The number of amides is 1. The first-order chi connectivity index (χ1) is 7.82. The smallest absolute Gasteiger partial charge is 0.369 e. The van der Waals surface area contributed by atoms with Crippen molar-refractivity contribution in [3.05, 3.63) is 35.4 Å². The molecule has 2 nitrogen and oxygen atoms in total. The van der Waals surface area contributed by atoms with E-state index in [0.29, 0.717) is 0 Å². The van der Waals surface area contributed by atoms with Gasteiger partial charge in [0.1, 0.15) is 0 Å². The molecule has 0 aliphatic rings. The van der Waals surface area contributed by atoms with Crippen LogP contribution in [0, 0.1) is 0 Å². The summed E-state index contributed by atoms with van der Waals surface area (Å²) in [6.45, 7) is 1.57. The number of rotatable bonds is 4. The van der Waals surface area contributed by atoms with Crippen LogP contribution < -0.4 is 5.73 Å². The Labute approximate surface area is 101 Å². The van der Waals surface area contributed by atoms with Gasteiger partial charge >= 0.3 is 6.18 Å². The highest BCUT2D eigenvalue weighted by molar-refractivity contribution is 7.99. The minimum Gasteiger partial charge on any atom is -0.369 e. The third kappa shape index (κ3) is 3.96. The fourth-order valence-corrected chi connectivity index (χ4v) is 2.07. The Hall–Kier alpha value is -1.17. The summed E-state index contributed by atoms with van der Waals surface area (Å²) in [6.07, 6.45) is -4.37. The van der Waals surface area contributed by atoms with Crippen LogP contribution in [0.15, 0.2) is 24.3 Å². The zero-order chi connectivity index (χ0) is 13.1. The average molecular weight is 263 g/mol. The Morgan fingerprint density at radius 3 is 2.53 bits per heavy atom. The first kappa shape index (κ1) is 13.9. The zero-order valence-corrected chi connectivity index (χ0v) is 9.94. The van der Waals surface area contributed by atoms with Crippen molar-refractivity contribution in [3.63, 3.8) is 0 Å². The van der Waals surface area contributed by atoms with Crippen molar-refractivity contribution in [2.45, 2.75) is 24.1 Å². The highest BCUT2D eigenvalue weighted by Crippen LogP contribution is 2.33. The van der Waals surface area contributed by atoms with Crippen molar-refractivity contribution in [3.8, 4) is 0 Å². The van der Waals surface area contributed by atoms with Gasteiger partial charge in [-0.2, -0.15) is 13.2 Å². The van der Waals surface area contributed by atoms with E-state index < -0.39 is 22.9 Å². The predicted molar refractivity (Wildman–Crippen MR) is 61.4 cm³/mol. The van der Waals surface area contributed by atoms with Crippen molar-refractivity contribution < 1.29 is 18.0 Å². The van der Waals surface area contributed by atoms with Crippen LogP contribution in [-0.4, -0.2) is 11.2 Å². The molecule has 0 aliphatic carbocycles. The Balaban J connectivity index is 2.81. The quantitative estimate of drug-likeness (QED) is 0.907. The van der Waals surface area contributed by atoms with Gasteiger partial charge in [0.25, 0.3) is 0 Å². The van der Waals surface area contributed by atoms with E-state index in [9.17, 15) is 18.0 Å². The van der Waals surface area contributed by atoms with Crippen LogP contribution in [0.2, 0.25) is 0 Å². The van der Waals surface area contributed by atoms with Crippen molar-refractivity contribution in [1.82, 2.24) is 0 Å². The summed E-state index contributed by atoms with van der Waals surface area (Å²) in [6, 6.07) is 5.32. The van der Waals surface area contributed by atoms with Gasteiger partial charge in [0.15, 0.2) is 0 Å². The third-order valence-corrected chi connectivity index (χ3v) is 3.42. The Bertz CT molecular complexity index is 406. The molecule has 17 heavy (non-hydrogen) atoms. The van der Waals surface area contributed by atoms with Gasteiger partial charge in [0, 0.05) is 5.75 Å². The van der Waals surface area contributed by atoms with Crippen molar-refractivity contribution in [1.29, 1.82) is 0 Å². The first-order valence-corrected chi connectivity index (χ1v) is 5.93. The van der Waals surface area contributed by atoms with Gasteiger partial charge in [-0.25, -0.2) is 0 Å². The Morgan fingerprint density at radius 1 is 1.41 bits per heavy atom. The largest absolute Gasteiger partial charge is 0.416 e. The first-order valence-electron chi connectivity index (χ1n) is 4.88. The number of hydrogen-bond acceptors (Lipinski definition) is 2. The molecule has 0 fully saturated rings. The molecule has 1 rings (SSSR count). The van der Waals surface area contributed by atoms with Gasteiger partial charge in [-0.15, -0.1) is 11.8 Å². The van der Waals surface area contributed by atoms with E-state index in [0.717, 1.165) is 17.8 Å². The van der Waals surface area contributed by atoms with E-state index in [-0.39, 0.29) is 11.3 Å². The van der Waals surface area contributed by atoms with E-state index in [2.05, 4.69) is 0 Å². The summed E-state index contributed by atoms with van der Waals surface area (Å²) in [7, 11) is 0. The number of thioether (sulfide) groups is 1. The van der Waals surface area contributed by atoms with Crippen LogP contribution in [0.4, 0.5) is 13.2 Å². The van der Waals surface area contributed by atoms with E-state index in [1.165, 1.54) is 12.1 Å². The number of carbonyl (C=O) groups excluding carboxylic acids is 1. The second-order valence-electron chi connectivity index (χ2n) is 3.51. The lowest BCUT2D eigenvalue weighted by molar-refractivity contribution is -0.138. The molecule has 0 aliphatic heterocycles. The van der Waals surface area contributed by atoms with Crippen LogP contribution >= 0.6 is 11.8 Å². The maximum absolute atomic E-state index is 12.6. The molecular formula is C11H12F3NOS. The maximum Gasteiger partial charge on any atom is 0.416 e. The third-order valence-electron chi connectivity index (χ3n) is 2.21. The molecule has 2 N–H and O–H groups in total. The lowest BCUT2D eigenvalue weighted by atomic mass is 10.1. The normalized spacial score (nSPS) is 13.4. The van der Waals surface area contributed by atoms with Crippen LogP contribution in [0.1, 0.15) is 18.1 Å². The molecule has 0 saturated heterocycles. The lowest BCUT2D eigenvalue weighted by Crippen LogP contribution is -2.22. The minimum absolute atomic E-state index is 0.111. The van der Waals surface area contributed by atoms with Crippen molar-refractivity contribution in [2.24, 2.45) is 5.73 Å². The zero-order valence-electron chi connectivity index (χ0n) is 9.12. The number of halogens is 3. The molecule has 1 aromatic carbocycles. The molecule has 0 aromatic heterocycles. The van der Waals surface area contributed by atoms with Crippen LogP contribution in [0.3, 0.4) is 0 Å². The van der Waals surface area contributed by atoms with Gasteiger partial charge in [-0.3, -0.25) is 4.79 Å². The van der Waals surface area contributed by atoms with E-state index in [1.807, 2.05) is 0 Å². The molecule has 0 saturated carbocycles. The Kier molecular flexibility index (Phi) is 4.45. The van der Waals surface area contributed by atoms with Crippen molar-refractivity contribution in [2.75, 3.05) is 0 Å². The van der Waals surface area contributed by atoms with Crippen molar-refractivity contribution >= 4 is 17.7 Å². The summed E-state index contributed by atoms with van der Waals surface area (Å²) in [5.74, 6) is -0.417. The topological polar surface area (TPSA) is 43.1 Å². The number of benzene rings is 1. The van der Waals surface area contributed by atoms with E-state index in [4.69, 9.17) is 5.73 Å². The molecule has 0 radical (unpaired) electrons. The van der Waals surface area contributed by atoms with Crippen LogP contribution in [0.25, 0.3) is 0 Å². The fraction of sp³-hybridized carbons (Fsp3) is 0.364. The predicted octanol–water partition coefficient (Wildman–Crippen LogP) is 2.81. The number of nitrogens with two attached hydrogens (primary N) is 1. The fourth-order valence-electron chi connectivity index (χ4n) is 1.22. The number of primary amides is 1. The summed E-state index contributed by atoms with van der Waals surface area (Å²) >= 11 is 1.09. The molecule has 6 heteroatoms. The van der Waals surface area contributed by atoms with E-state index >= 15 is 0 Å². The molecule has 0 heterocycles. The summed E-state index contributed by atoms with van der Waals surface area (Å²) in [4.78, 5) is 10.8. The number of hydrogen-bond donors (Lipinski definition) is 1. The highest BCUT2D eigenvalue weighted by Gasteiger charge is 2.32. The number of carbonyl (C=O) groups is 1. The molecule has 1 atom stereocenters. The van der Waals surface area contributed by atoms with Gasteiger partial charge in [-0.1, -0.05) is 18.2 Å². The number of alkyl halides is 3. The maximum atomic E-state index is 12.6. The SMILES string of the molecule is CC(SCc1ccccc1C(F)(F)F)C(N)=O. The van der Waals surface area contributed by atoms with Gasteiger partial charge in [0.05, 0.1) is 10.8 Å². The lowest BCUT2D eigenvalue weighted by Gasteiger charge is -2.13. The van der Waals surface area contributed by atoms with Crippen LogP contribution in [0.5, 0.6) is 0 Å². The standard InChI is InChI=1S/C11H12F3NOS/c1-7(10(15)16)17-6-8-4-2-3-5-9(8)11(12,13)14/h2-5,7H,6H2,1H3,(H2,15,16). The van der Waals surface area contributed by atoms with Gasteiger partial charge in [0.2, 0.25) is 5.91 Å². The second-order valence-corrected chi connectivity index (χ2v) is 4.84. The van der Waals surface area contributed by atoms with Gasteiger partial charge in [-0.05, 0) is 18.6 Å². The molecule has 0 spiro atoms.